The Balaban J connectivity index is 2.07. The van der Waals surface area contributed by atoms with Crippen molar-refractivity contribution in [1.82, 2.24) is 0 Å². The summed E-state index contributed by atoms with van der Waals surface area (Å²) in [7, 11) is 0. The minimum atomic E-state index is 0.587. The standard InChI is InChI=1S/C14H16O/c1-9(2)11-5-3-4-10-8-13-12(14(10)11)6-7-15-13/h3-7,9-10,14H,8H2,1-2H3. The van der Waals surface area contributed by atoms with Crippen molar-refractivity contribution in [2.45, 2.75) is 26.2 Å². The van der Waals surface area contributed by atoms with E-state index in [0.717, 1.165) is 6.42 Å². The molecule has 15 heavy (non-hydrogen) atoms. The van der Waals surface area contributed by atoms with Crippen LogP contribution >= 0.6 is 0 Å². The van der Waals surface area contributed by atoms with Crippen molar-refractivity contribution in [2.24, 2.45) is 11.8 Å². The summed E-state index contributed by atoms with van der Waals surface area (Å²) in [5.41, 5.74) is 2.98. The summed E-state index contributed by atoms with van der Waals surface area (Å²) in [5, 5.41) is 0. The minimum Gasteiger partial charge on any atom is -0.469 e. The third-order valence-electron chi connectivity index (χ3n) is 3.64. The summed E-state index contributed by atoms with van der Waals surface area (Å²) in [6, 6.07) is 2.15. The van der Waals surface area contributed by atoms with Gasteiger partial charge in [-0.25, -0.2) is 0 Å². The van der Waals surface area contributed by atoms with Gasteiger partial charge in [-0.2, -0.15) is 0 Å². The number of fused-ring (bicyclic) bond motifs is 3. The zero-order valence-corrected chi connectivity index (χ0v) is 9.23. The molecule has 2 atom stereocenters. The van der Waals surface area contributed by atoms with Crippen LogP contribution in [0.1, 0.15) is 31.1 Å². The average Bonchev–Trinajstić information content (AvgIpc) is 2.75. The van der Waals surface area contributed by atoms with Crippen LogP contribution in [0, 0.1) is 11.8 Å². The molecule has 2 aliphatic rings. The molecule has 0 amide bonds. The molecule has 1 heterocycles. The molecule has 0 spiro atoms. The Morgan fingerprint density at radius 1 is 1.40 bits per heavy atom. The summed E-state index contributed by atoms with van der Waals surface area (Å²) >= 11 is 0. The molecule has 0 fully saturated rings. The van der Waals surface area contributed by atoms with Gasteiger partial charge in [0.2, 0.25) is 0 Å². The van der Waals surface area contributed by atoms with Gasteiger partial charge in [0.1, 0.15) is 5.76 Å². The number of hydrogen-bond acceptors (Lipinski definition) is 1. The van der Waals surface area contributed by atoms with E-state index < -0.39 is 0 Å². The summed E-state index contributed by atoms with van der Waals surface area (Å²) in [6.45, 7) is 4.56. The van der Waals surface area contributed by atoms with E-state index in [1.54, 1.807) is 5.57 Å². The highest BCUT2D eigenvalue weighted by Crippen LogP contribution is 2.47. The van der Waals surface area contributed by atoms with Crippen LogP contribution in [0.4, 0.5) is 0 Å². The predicted molar refractivity (Wildman–Crippen MR) is 60.7 cm³/mol. The second kappa shape index (κ2) is 3.13. The molecule has 0 saturated heterocycles. The van der Waals surface area contributed by atoms with Gasteiger partial charge in [0.15, 0.2) is 0 Å². The topological polar surface area (TPSA) is 13.1 Å². The first-order chi connectivity index (χ1) is 7.27. The Hall–Kier alpha value is -1.24. The fraction of sp³-hybridized carbons (Fsp3) is 0.429. The number of allylic oxidation sites excluding steroid dienone is 4. The molecule has 78 valence electrons. The van der Waals surface area contributed by atoms with Gasteiger partial charge in [-0.15, -0.1) is 0 Å². The molecule has 1 heteroatoms. The molecule has 0 N–H and O–H groups in total. The highest BCUT2D eigenvalue weighted by atomic mass is 16.3. The molecule has 2 aliphatic carbocycles. The SMILES string of the molecule is CC(C)C1=CC=CC2Cc3occc3C12. The van der Waals surface area contributed by atoms with Crippen LogP contribution in [0.3, 0.4) is 0 Å². The van der Waals surface area contributed by atoms with Crippen molar-refractivity contribution in [1.29, 1.82) is 0 Å². The predicted octanol–water partition coefficient (Wildman–Crippen LogP) is 3.69. The molecular weight excluding hydrogens is 184 g/mol. The van der Waals surface area contributed by atoms with Crippen LogP contribution in [0.5, 0.6) is 0 Å². The average molecular weight is 200 g/mol. The van der Waals surface area contributed by atoms with Crippen molar-refractivity contribution in [3.05, 3.63) is 47.5 Å². The van der Waals surface area contributed by atoms with Crippen LogP contribution in [0.25, 0.3) is 0 Å². The Morgan fingerprint density at radius 2 is 2.27 bits per heavy atom. The maximum atomic E-state index is 5.53. The molecular formula is C14H16O. The Kier molecular flexibility index (Phi) is 1.88. The fourth-order valence-corrected chi connectivity index (χ4v) is 2.93. The number of rotatable bonds is 1. The molecule has 3 rings (SSSR count). The largest absolute Gasteiger partial charge is 0.469 e. The molecule has 0 radical (unpaired) electrons. The van der Waals surface area contributed by atoms with Crippen molar-refractivity contribution in [3.63, 3.8) is 0 Å². The third kappa shape index (κ3) is 1.22. The smallest absolute Gasteiger partial charge is 0.108 e. The first-order valence-electron chi connectivity index (χ1n) is 5.72. The number of hydrogen-bond donors (Lipinski definition) is 0. The lowest BCUT2D eigenvalue weighted by atomic mass is 9.78. The summed E-state index contributed by atoms with van der Waals surface area (Å²) in [6.07, 6.45) is 9.73. The van der Waals surface area contributed by atoms with Gasteiger partial charge in [-0.05, 0) is 17.9 Å². The van der Waals surface area contributed by atoms with E-state index in [1.165, 1.54) is 11.3 Å². The normalized spacial score (nSPS) is 27.8. The molecule has 1 aromatic rings. The van der Waals surface area contributed by atoms with Crippen molar-refractivity contribution in [2.75, 3.05) is 0 Å². The summed E-state index contributed by atoms with van der Waals surface area (Å²) in [4.78, 5) is 0. The van der Waals surface area contributed by atoms with Crippen LogP contribution < -0.4 is 0 Å². The Morgan fingerprint density at radius 3 is 3.07 bits per heavy atom. The van der Waals surface area contributed by atoms with Crippen molar-refractivity contribution < 1.29 is 4.42 Å². The van der Waals surface area contributed by atoms with E-state index in [0.29, 0.717) is 17.8 Å². The van der Waals surface area contributed by atoms with Crippen LogP contribution in [0.2, 0.25) is 0 Å². The molecule has 1 aromatic heterocycles. The van der Waals surface area contributed by atoms with Gasteiger partial charge >= 0.3 is 0 Å². The van der Waals surface area contributed by atoms with E-state index in [2.05, 4.69) is 38.1 Å². The van der Waals surface area contributed by atoms with Crippen molar-refractivity contribution >= 4 is 0 Å². The van der Waals surface area contributed by atoms with E-state index in [4.69, 9.17) is 4.42 Å². The highest BCUT2D eigenvalue weighted by Gasteiger charge is 2.37. The molecule has 2 unspecified atom stereocenters. The molecule has 0 aromatic carbocycles. The maximum absolute atomic E-state index is 5.53. The molecule has 1 nitrogen and oxygen atoms in total. The zero-order chi connectivity index (χ0) is 10.4. The fourth-order valence-electron chi connectivity index (χ4n) is 2.93. The lowest BCUT2D eigenvalue weighted by Gasteiger charge is -2.26. The molecule has 0 bridgehead atoms. The summed E-state index contributed by atoms with van der Waals surface area (Å²) in [5.74, 6) is 3.05. The number of furan rings is 1. The zero-order valence-electron chi connectivity index (χ0n) is 9.23. The van der Waals surface area contributed by atoms with Gasteiger partial charge in [0.05, 0.1) is 6.26 Å². The lowest BCUT2D eigenvalue weighted by Crippen LogP contribution is -2.14. The van der Waals surface area contributed by atoms with Gasteiger partial charge in [-0.3, -0.25) is 0 Å². The summed E-state index contributed by atoms with van der Waals surface area (Å²) < 4.78 is 5.53. The van der Waals surface area contributed by atoms with Gasteiger partial charge in [0, 0.05) is 17.9 Å². The first-order valence-corrected chi connectivity index (χ1v) is 5.72. The van der Waals surface area contributed by atoms with Crippen molar-refractivity contribution in [3.8, 4) is 0 Å². The highest BCUT2D eigenvalue weighted by molar-refractivity contribution is 5.43. The molecule has 0 aliphatic heterocycles. The van der Waals surface area contributed by atoms with E-state index in [1.807, 2.05) is 6.26 Å². The second-order valence-corrected chi connectivity index (χ2v) is 4.85. The van der Waals surface area contributed by atoms with Gasteiger partial charge in [0.25, 0.3) is 0 Å². The Bertz CT molecular complexity index is 434. The van der Waals surface area contributed by atoms with Gasteiger partial charge < -0.3 is 4.42 Å². The van der Waals surface area contributed by atoms with E-state index in [-0.39, 0.29) is 0 Å². The van der Waals surface area contributed by atoms with E-state index in [9.17, 15) is 0 Å². The minimum absolute atomic E-state index is 0.587. The monoisotopic (exact) mass is 200 g/mol. The van der Waals surface area contributed by atoms with E-state index >= 15 is 0 Å². The first kappa shape index (κ1) is 9.02. The quantitative estimate of drug-likeness (QED) is 0.674. The van der Waals surface area contributed by atoms with Crippen LogP contribution in [-0.4, -0.2) is 0 Å². The lowest BCUT2D eigenvalue weighted by molar-refractivity contribution is 0.485. The second-order valence-electron chi connectivity index (χ2n) is 4.85. The maximum Gasteiger partial charge on any atom is 0.108 e. The third-order valence-corrected chi connectivity index (χ3v) is 3.64. The van der Waals surface area contributed by atoms with Crippen LogP contribution in [-0.2, 0) is 6.42 Å². The Labute approximate surface area is 90.5 Å². The molecule has 0 saturated carbocycles. The van der Waals surface area contributed by atoms with Crippen LogP contribution in [0.15, 0.2) is 40.5 Å². The van der Waals surface area contributed by atoms with Gasteiger partial charge in [-0.1, -0.05) is 37.6 Å².